The van der Waals surface area contributed by atoms with Gasteiger partial charge in [-0.2, -0.15) is 0 Å². The standard InChI is InChI=1S/C34H46O7/c1-6-21-18-34-29(37)26(31(39)41-34)28(36)33(7-2)22(14-15-23-25(33)16-13-20(3)27(23)35)12-10-8-9-11-17-32(34,4)19-24(21)30(38)40-5/h11,14-15,17,19-23,25,27,35-36H,6-10,12-13,16,18H2,1-5H3/b17-11+,28-26+/t20-,21-,22+,23?,25?,27-,32-,33+,34+/m0/s1. The van der Waals surface area contributed by atoms with Crippen LogP contribution in [0.2, 0.25) is 0 Å². The van der Waals surface area contributed by atoms with E-state index in [2.05, 4.69) is 19.1 Å². The molecule has 1 spiro atoms. The Morgan fingerprint density at radius 3 is 2.59 bits per heavy atom. The van der Waals surface area contributed by atoms with Gasteiger partial charge in [-0.25, -0.2) is 9.59 Å². The molecule has 4 aliphatic carbocycles. The lowest BCUT2D eigenvalue weighted by Gasteiger charge is -2.54. The molecule has 0 radical (unpaired) electrons. The van der Waals surface area contributed by atoms with E-state index in [0.29, 0.717) is 18.4 Å². The highest BCUT2D eigenvalue weighted by atomic mass is 16.6. The van der Waals surface area contributed by atoms with E-state index in [1.807, 2.05) is 32.9 Å². The van der Waals surface area contributed by atoms with Gasteiger partial charge in [-0.1, -0.05) is 57.6 Å². The zero-order chi connectivity index (χ0) is 29.7. The number of methoxy groups -OCH3 is 1. The summed E-state index contributed by atoms with van der Waals surface area (Å²) in [6.45, 7) is 7.85. The van der Waals surface area contributed by atoms with Crippen LogP contribution in [0, 0.1) is 40.4 Å². The van der Waals surface area contributed by atoms with Crippen molar-refractivity contribution < 1.29 is 34.1 Å². The Morgan fingerprint density at radius 2 is 1.90 bits per heavy atom. The molecule has 224 valence electrons. The quantitative estimate of drug-likeness (QED) is 0.247. The van der Waals surface area contributed by atoms with Crippen molar-refractivity contribution in [3.05, 3.63) is 47.3 Å². The third kappa shape index (κ3) is 4.28. The Labute approximate surface area is 243 Å². The van der Waals surface area contributed by atoms with Gasteiger partial charge in [-0.15, -0.1) is 0 Å². The van der Waals surface area contributed by atoms with Crippen LogP contribution in [0.5, 0.6) is 0 Å². The van der Waals surface area contributed by atoms with Crippen molar-refractivity contribution in [2.75, 3.05) is 7.11 Å². The molecule has 1 aliphatic heterocycles. The van der Waals surface area contributed by atoms with Crippen LogP contribution >= 0.6 is 0 Å². The van der Waals surface area contributed by atoms with Gasteiger partial charge in [0, 0.05) is 23.3 Å². The predicted molar refractivity (Wildman–Crippen MR) is 154 cm³/mol. The minimum Gasteiger partial charge on any atom is -0.511 e. The first-order valence-electron chi connectivity index (χ1n) is 15.6. The van der Waals surface area contributed by atoms with E-state index in [4.69, 9.17) is 9.47 Å². The zero-order valence-corrected chi connectivity index (χ0v) is 25.2. The minimum atomic E-state index is -1.58. The van der Waals surface area contributed by atoms with Gasteiger partial charge in [0.1, 0.15) is 11.3 Å². The van der Waals surface area contributed by atoms with Crippen molar-refractivity contribution in [3.8, 4) is 0 Å². The molecule has 0 amide bonds. The van der Waals surface area contributed by atoms with Crippen molar-refractivity contribution in [1.29, 1.82) is 0 Å². The van der Waals surface area contributed by atoms with Crippen molar-refractivity contribution in [2.24, 2.45) is 40.4 Å². The predicted octanol–water partition coefficient (Wildman–Crippen LogP) is 5.93. The smallest absolute Gasteiger partial charge is 0.346 e. The van der Waals surface area contributed by atoms with E-state index in [0.717, 1.165) is 38.5 Å². The number of carbonyl (C=O) groups is 3. The second-order valence-electron chi connectivity index (χ2n) is 13.3. The number of aliphatic hydroxyl groups excluding tert-OH is 2. The summed E-state index contributed by atoms with van der Waals surface area (Å²) in [4.78, 5) is 41.4. The van der Waals surface area contributed by atoms with Crippen molar-refractivity contribution in [3.63, 3.8) is 0 Å². The molecule has 9 atom stereocenters. The lowest BCUT2D eigenvalue weighted by molar-refractivity contribution is -0.163. The number of ketones is 1. The van der Waals surface area contributed by atoms with Gasteiger partial charge in [-0.05, 0) is 75.5 Å². The van der Waals surface area contributed by atoms with Crippen LogP contribution in [0.25, 0.3) is 0 Å². The van der Waals surface area contributed by atoms with Gasteiger partial charge in [0.15, 0.2) is 5.60 Å². The molecule has 7 nitrogen and oxygen atoms in total. The first-order valence-corrected chi connectivity index (χ1v) is 15.6. The summed E-state index contributed by atoms with van der Waals surface area (Å²) in [7, 11) is 1.35. The van der Waals surface area contributed by atoms with E-state index in [1.54, 1.807) is 6.08 Å². The molecule has 1 saturated heterocycles. The highest BCUT2D eigenvalue weighted by Crippen LogP contribution is 2.61. The highest BCUT2D eigenvalue weighted by Gasteiger charge is 2.66. The molecule has 2 unspecified atom stereocenters. The molecule has 0 aromatic carbocycles. The SMILES string of the molecule is CC[C@H]1C[C@]23OC(=O)/C(=C(/O)[C@@]4(CC)C5CC[C@H](C)[C@H](O)C5C=C[C@H]4CCCC/C=C/[C@@]2(C)C=C1C(=O)OC)C3=O. The second-order valence-corrected chi connectivity index (χ2v) is 13.3. The first kappa shape index (κ1) is 29.8. The average molecular weight is 567 g/mol. The Hall–Kier alpha value is -2.67. The average Bonchev–Trinajstić information content (AvgIpc) is 3.22. The molecule has 5 aliphatic rings. The molecule has 1 heterocycles. The lowest BCUT2D eigenvalue weighted by atomic mass is 9.50. The molecule has 2 fully saturated rings. The van der Waals surface area contributed by atoms with E-state index >= 15 is 0 Å². The number of allylic oxidation sites excluding steroid dienone is 3. The topological polar surface area (TPSA) is 110 Å². The number of ether oxygens (including phenoxy) is 2. The molecule has 2 bridgehead atoms. The van der Waals surface area contributed by atoms with Gasteiger partial charge >= 0.3 is 11.9 Å². The maximum atomic E-state index is 14.7. The monoisotopic (exact) mass is 566 g/mol. The third-order valence-electron chi connectivity index (χ3n) is 11.4. The minimum absolute atomic E-state index is 0.0734. The second kappa shape index (κ2) is 10.9. The molecule has 2 N–H and O–H groups in total. The van der Waals surface area contributed by atoms with Gasteiger partial charge in [0.05, 0.1) is 18.6 Å². The number of hydrogen-bond acceptors (Lipinski definition) is 7. The number of aliphatic hydroxyl groups is 2. The lowest BCUT2D eigenvalue weighted by Crippen LogP contribution is -2.54. The van der Waals surface area contributed by atoms with E-state index < -0.39 is 40.3 Å². The van der Waals surface area contributed by atoms with Crippen molar-refractivity contribution in [2.45, 2.75) is 97.2 Å². The Bertz CT molecular complexity index is 1230. The van der Waals surface area contributed by atoms with Crippen molar-refractivity contribution in [1.82, 2.24) is 0 Å². The fraction of sp³-hybridized carbons (Fsp3) is 0.676. The number of esters is 2. The highest BCUT2D eigenvalue weighted by molar-refractivity contribution is 6.26. The van der Waals surface area contributed by atoms with E-state index in [9.17, 15) is 24.6 Å². The molecule has 0 aromatic rings. The van der Waals surface area contributed by atoms with Crippen molar-refractivity contribution >= 4 is 17.7 Å². The molecular weight excluding hydrogens is 520 g/mol. The molecular formula is C34H46O7. The number of carbonyl (C=O) groups excluding carboxylic acids is 3. The van der Waals surface area contributed by atoms with Gasteiger partial charge in [0.25, 0.3) is 0 Å². The summed E-state index contributed by atoms with van der Waals surface area (Å²) >= 11 is 0. The van der Waals surface area contributed by atoms with Crippen LogP contribution in [-0.4, -0.2) is 46.7 Å². The molecule has 41 heavy (non-hydrogen) atoms. The zero-order valence-electron chi connectivity index (χ0n) is 25.2. The largest absolute Gasteiger partial charge is 0.511 e. The van der Waals surface area contributed by atoms with Crippen LogP contribution in [0.1, 0.15) is 85.5 Å². The van der Waals surface area contributed by atoms with Gasteiger partial charge < -0.3 is 19.7 Å². The number of Topliss-reactive ketones (excluding diaryl/α,β-unsaturated/α-hetero) is 1. The Morgan fingerprint density at radius 1 is 1.15 bits per heavy atom. The van der Waals surface area contributed by atoms with Gasteiger partial charge in [-0.3, -0.25) is 4.79 Å². The maximum Gasteiger partial charge on any atom is 0.346 e. The molecule has 1 saturated carbocycles. The van der Waals surface area contributed by atoms with E-state index in [-0.39, 0.29) is 47.3 Å². The van der Waals surface area contributed by atoms with Crippen LogP contribution in [0.4, 0.5) is 0 Å². The maximum absolute atomic E-state index is 14.7. The summed E-state index contributed by atoms with van der Waals surface area (Å²) in [6.07, 6.45) is 15.7. The van der Waals surface area contributed by atoms with Crippen LogP contribution in [0.3, 0.4) is 0 Å². The normalized spacial score (nSPS) is 45.1. The van der Waals surface area contributed by atoms with E-state index in [1.165, 1.54) is 7.11 Å². The first-order chi connectivity index (χ1) is 19.5. The molecule has 7 heteroatoms. The van der Waals surface area contributed by atoms with Crippen LogP contribution < -0.4 is 0 Å². The fourth-order valence-electron chi connectivity index (χ4n) is 8.93. The summed E-state index contributed by atoms with van der Waals surface area (Å²) in [5.41, 5.74) is -3.30. The number of hydrogen-bond donors (Lipinski definition) is 2. The molecule has 5 rings (SSSR count). The summed E-state index contributed by atoms with van der Waals surface area (Å²) < 4.78 is 11.3. The van der Waals surface area contributed by atoms with Crippen LogP contribution in [-0.2, 0) is 23.9 Å². The summed E-state index contributed by atoms with van der Waals surface area (Å²) in [6, 6.07) is 0. The third-order valence-corrected chi connectivity index (χ3v) is 11.4. The summed E-state index contributed by atoms with van der Waals surface area (Å²) in [5, 5.41) is 23.5. The molecule has 0 aromatic heterocycles. The number of rotatable bonds is 3. The Kier molecular flexibility index (Phi) is 7.90. The van der Waals surface area contributed by atoms with Crippen LogP contribution in [0.15, 0.2) is 47.3 Å². The fourth-order valence-corrected chi connectivity index (χ4v) is 8.93. The summed E-state index contributed by atoms with van der Waals surface area (Å²) in [5.74, 6) is -2.47. The number of fused-ring (bicyclic) bond motifs is 4. The Balaban J connectivity index is 1.73. The van der Waals surface area contributed by atoms with Gasteiger partial charge in [0.2, 0.25) is 5.78 Å².